The molecule has 0 radical (unpaired) electrons. The Kier molecular flexibility index (Phi) is 7.10. The second-order valence-electron chi connectivity index (χ2n) is 7.95. The molecule has 2 N–H and O–H groups in total. The molecule has 0 saturated heterocycles. The summed E-state index contributed by atoms with van der Waals surface area (Å²) in [5.41, 5.74) is 5.78. The molecule has 0 spiro atoms. The van der Waals surface area contributed by atoms with E-state index in [1.165, 1.54) is 0 Å². The molecule has 2 aliphatic rings. The van der Waals surface area contributed by atoms with E-state index in [-0.39, 0.29) is 16.9 Å². The molecule has 1 aliphatic carbocycles. The van der Waals surface area contributed by atoms with Gasteiger partial charge in [-0.25, -0.2) is 13.8 Å². The molecule has 29 heavy (non-hydrogen) atoms. The molecular weight excluding hydrogens is 390 g/mol. The number of sulfonamides is 1. The predicted molar refractivity (Wildman–Crippen MR) is 111 cm³/mol. The third-order valence-electron chi connectivity index (χ3n) is 5.33. The Hall–Kier alpha value is -1.74. The minimum Gasteiger partial charge on any atom is -0.379 e. The molecule has 1 aliphatic heterocycles. The first-order chi connectivity index (χ1) is 13.8. The van der Waals surface area contributed by atoms with Gasteiger partial charge in [0.25, 0.3) is 15.9 Å². The van der Waals surface area contributed by atoms with E-state index in [0.29, 0.717) is 19.6 Å². The molecule has 1 heterocycles. The number of hydrogen-bond acceptors (Lipinski definition) is 5. The van der Waals surface area contributed by atoms with Gasteiger partial charge in [-0.3, -0.25) is 4.79 Å². The zero-order valence-corrected chi connectivity index (χ0v) is 18.2. The summed E-state index contributed by atoms with van der Waals surface area (Å²) in [6.45, 7) is 6.94. The van der Waals surface area contributed by atoms with Crippen LogP contribution in [-0.2, 0) is 19.6 Å². The van der Waals surface area contributed by atoms with Crippen molar-refractivity contribution >= 4 is 15.9 Å². The number of hydrogen-bond donors (Lipinski definition) is 2. The predicted octanol–water partition coefficient (Wildman–Crippen LogP) is 2.63. The van der Waals surface area contributed by atoms with Crippen LogP contribution in [0.25, 0.3) is 0 Å². The van der Waals surface area contributed by atoms with Crippen LogP contribution in [0.1, 0.15) is 51.5 Å². The summed E-state index contributed by atoms with van der Waals surface area (Å²) < 4.78 is 30.9. The molecule has 8 heteroatoms. The molecule has 0 saturated carbocycles. The molecule has 1 aromatic rings. The summed E-state index contributed by atoms with van der Waals surface area (Å²) in [4.78, 5) is 17.3. The highest BCUT2D eigenvalue weighted by molar-refractivity contribution is 7.89. The van der Waals surface area contributed by atoms with E-state index < -0.39 is 16.2 Å². The average molecular weight is 422 g/mol. The summed E-state index contributed by atoms with van der Waals surface area (Å²) >= 11 is 0. The monoisotopic (exact) mass is 421 g/mol. The summed E-state index contributed by atoms with van der Waals surface area (Å²) in [5.74, 6) is 0.0104. The third kappa shape index (κ3) is 5.25. The van der Waals surface area contributed by atoms with Gasteiger partial charge in [0, 0.05) is 18.7 Å². The standard InChI is InChI=1S/C21H31N3O4S/c1-15(2)28-14-6-13-24-20(18-7-4-5-8-19(18)21(24)25)22-23-29(26,27)17-11-9-16(3)10-12-17/h9-12,15,20,22-23H,4-8,13-14H2,1-3H3/t20-/m1/s1. The lowest BCUT2D eigenvalue weighted by atomic mass is 9.92. The molecule has 0 bridgehead atoms. The van der Waals surface area contributed by atoms with Crippen LogP contribution >= 0.6 is 0 Å². The number of nitrogens with zero attached hydrogens (tertiary/aromatic N) is 1. The van der Waals surface area contributed by atoms with Crippen molar-refractivity contribution in [3.63, 3.8) is 0 Å². The van der Waals surface area contributed by atoms with E-state index >= 15 is 0 Å². The number of ether oxygens (including phenoxy) is 1. The first-order valence-corrected chi connectivity index (χ1v) is 11.8. The lowest BCUT2D eigenvalue weighted by Crippen LogP contribution is -2.53. The van der Waals surface area contributed by atoms with Crippen molar-refractivity contribution in [1.29, 1.82) is 0 Å². The number of rotatable bonds is 9. The Balaban J connectivity index is 1.71. The highest BCUT2D eigenvalue weighted by Gasteiger charge is 2.39. The third-order valence-corrected chi connectivity index (χ3v) is 6.61. The van der Waals surface area contributed by atoms with Crippen LogP contribution in [-0.4, -0.2) is 44.6 Å². The van der Waals surface area contributed by atoms with Crippen LogP contribution < -0.4 is 10.3 Å². The number of aryl methyl sites for hydroxylation is 1. The van der Waals surface area contributed by atoms with E-state index in [0.717, 1.165) is 42.4 Å². The molecule has 0 unspecified atom stereocenters. The van der Waals surface area contributed by atoms with E-state index in [4.69, 9.17) is 4.74 Å². The highest BCUT2D eigenvalue weighted by atomic mass is 32.2. The van der Waals surface area contributed by atoms with Crippen LogP contribution in [0.3, 0.4) is 0 Å². The van der Waals surface area contributed by atoms with Crippen LogP contribution in [0.4, 0.5) is 0 Å². The van der Waals surface area contributed by atoms with Crippen molar-refractivity contribution in [2.75, 3.05) is 13.2 Å². The van der Waals surface area contributed by atoms with Crippen LogP contribution in [0.2, 0.25) is 0 Å². The van der Waals surface area contributed by atoms with E-state index in [2.05, 4.69) is 10.3 Å². The number of carbonyl (C=O) groups is 1. The first-order valence-electron chi connectivity index (χ1n) is 10.3. The van der Waals surface area contributed by atoms with Crippen LogP contribution in [0.5, 0.6) is 0 Å². The lowest BCUT2D eigenvalue weighted by Gasteiger charge is -2.28. The van der Waals surface area contributed by atoms with Gasteiger partial charge < -0.3 is 9.64 Å². The van der Waals surface area contributed by atoms with Crippen molar-refractivity contribution in [1.82, 2.24) is 15.2 Å². The molecule has 0 fully saturated rings. The average Bonchev–Trinajstić information content (AvgIpc) is 2.95. The van der Waals surface area contributed by atoms with Crippen molar-refractivity contribution in [2.45, 2.75) is 70.0 Å². The number of nitrogens with one attached hydrogen (secondary N) is 2. The van der Waals surface area contributed by atoms with Crippen molar-refractivity contribution in [2.24, 2.45) is 0 Å². The second kappa shape index (κ2) is 9.38. The molecule has 3 rings (SSSR count). The SMILES string of the molecule is Cc1ccc(S(=O)(=O)NN[C@H]2C3=C(CCCC3)C(=O)N2CCCOC(C)C)cc1. The molecule has 7 nitrogen and oxygen atoms in total. The fraction of sp³-hybridized carbons (Fsp3) is 0.571. The van der Waals surface area contributed by atoms with Crippen molar-refractivity contribution in [3.8, 4) is 0 Å². The maximum atomic E-state index is 12.9. The Morgan fingerprint density at radius 3 is 2.55 bits per heavy atom. The molecule has 1 atom stereocenters. The minimum atomic E-state index is -3.73. The lowest BCUT2D eigenvalue weighted by molar-refractivity contribution is -0.128. The van der Waals surface area contributed by atoms with Crippen molar-refractivity contribution in [3.05, 3.63) is 41.0 Å². The fourth-order valence-corrected chi connectivity index (χ4v) is 4.69. The van der Waals surface area contributed by atoms with Gasteiger partial charge in [-0.05, 0) is 70.6 Å². The number of benzene rings is 1. The largest absolute Gasteiger partial charge is 0.379 e. The number of carbonyl (C=O) groups excluding carboxylic acids is 1. The van der Waals surface area contributed by atoms with Gasteiger partial charge in [-0.2, -0.15) is 0 Å². The minimum absolute atomic E-state index is 0.0104. The number of hydrazine groups is 1. The normalized spacial score (nSPS) is 19.9. The number of amides is 1. The van der Waals surface area contributed by atoms with E-state index in [9.17, 15) is 13.2 Å². The molecule has 1 amide bonds. The van der Waals surface area contributed by atoms with Crippen molar-refractivity contribution < 1.29 is 17.9 Å². The van der Waals surface area contributed by atoms with Crippen LogP contribution in [0, 0.1) is 6.92 Å². The first kappa shape index (κ1) is 22.0. The van der Waals surface area contributed by atoms with Gasteiger partial charge in [-0.1, -0.05) is 17.7 Å². The Morgan fingerprint density at radius 2 is 1.86 bits per heavy atom. The Labute approximate surface area is 173 Å². The van der Waals surface area contributed by atoms with E-state index in [1.807, 2.05) is 20.8 Å². The summed E-state index contributed by atoms with van der Waals surface area (Å²) in [6.07, 6.45) is 3.98. The zero-order chi connectivity index (χ0) is 21.0. The highest BCUT2D eigenvalue weighted by Crippen LogP contribution is 2.35. The molecule has 0 aromatic heterocycles. The van der Waals surface area contributed by atoms with E-state index in [1.54, 1.807) is 29.2 Å². The van der Waals surface area contributed by atoms with Gasteiger partial charge in [0.1, 0.15) is 6.17 Å². The van der Waals surface area contributed by atoms with Gasteiger partial charge in [-0.15, -0.1) is 4.83 Å². The van der Waals surface area contributed by atoms with Gasteiger partial charge in [0.05, 0.1) is 11.0 Å². The Bertz CT molecular complexity index is 862. The summed E-state index contributed by atoms with van der Waals surface area (Å²) in [6, 6.07) is 6.67. The molecule has 1 aromatic carbocycles. The summed E-state index contributed by atoms with van der Waals surface area (Å²) in [7, 11) is -3.73. The maximum absolute atomic E-state index is 12.9. The summed E-state index contributed by atoms with van der Waals surface area (Å²) in [5, 5.41) is 0. The van der Waals surface area contributed by atoms with Gasteiger partial charge in [0.15, 0.2) is 0 Å². The maximum Gasteiger partial charge on any atom is 0.253 e. The second-order valence-corrected chi connectivity index (χ2v) is 9.63. The van der Waals surface area contributed by atoms with Gasteiger partial charge in [0.2, 0.25) is 0 Å². The smallest absolute Gasteiger partial charge is 0.253 e. The van der Waals surface area contributed by atoms with Crippen LogP contribution in [0.15, 0.2) is 40.3 Å². The topological polar surface area (TPSA) is 87.7 Å². The molecular formula is C21H31N3O4S. The van der Waals surface area contributed by atoms with Gasteiger partial charge >= 0.3 is 0 Å². The quantitative estimate of drug-likeness (QED) is 0.473. The zero-order valence-electron chi connectivity index (χ0n) is 17.4. The Morgan fingerprint density at radius 1 is 1.17 bits per heavy atom. The molecule has 160 valence electrons. The fourth-order valence-electron chi connectivity index (χ4n) is 3.81.